The minimum Gasteiger partial charge on any atom is -0.347 e. The van der Waals surface area contributed by atoms with Crippen LogP contribution in [0.25, 0.3) is 0 Å². The first-order valence-corrected chi connectivity index (χ1v) is 6.79. The standard InChI is InChI=1S/C12H23N7/c1-4-7-19(8-9-5-6-9)12-15-10(17-13)14-11(16-12)18(2)3/h9H,4-8,13H2,1-3H3,(H,14,15,16,17). The first-order valence-electron chi connectivity index (χ1n) is 6.79. The molecule has 0 amide bonds. The minimum absolute atomic E-state index is 0.408. The fourth-order valence-corrected chi connectivity index (χ4v) is 1.91. The highest BCUT2D eigenvalue weighted by Crippen LogP contribution is 2.31. The second kappa shape index (κ2) is 6.01. The molecule has 1 aliphatic rings. The van der Waals surface area contributed by atoms with E-state index >= 15 is 0 Å². The van der Waals surface area contributed by atoms with Crippen LogP contribution in [-0.4, -0.2) is 42.1 Å². The fraction of sp³-hybridized carbons (Fsp3) is 0.750. The molecule has 1 fully saturated rings. The molecule has 0 aromatic carbocycles. The maximum Gasteiger partial charge on any atom is 0.243 e. The van der Waals surface area contributed by atoms with Gasteiger partial charge in [-0.25, -0.2) is 5.84 Å². The summed E-state index contributed by atoms with van der Waals surface area (Å²) in [5.41, 5.74) is 2.51. The van der Waals surface area contributed by atoms with Gasteiger partial charge in [0.2, 0.25) is 17.8 Å². The topological polar surface area (TPSA) is 83.2 Å². The Morgan fingerprint density at radius 2 is 1.89 bits per heavy atom. The van der Waals surface area contributed by atoms with Crippen molar-refractivity contribution in [3.05, 3.63) is 0 Å². The van der Waals surface area contributed by atoms with E-state index in [1.807, 2.05) is 19.0 Å². The molecule has 1 aromatic heterocycles. The monoisotopic (exact) mass is 265 g/mol. The number of hydrogen-bond donors (Lipinski definition) is 2. The lowest BCUT2D eigenvalue weighted by atomic mass is 10.3. The lowest BCUT2D eigenvalue weighted by Gasteiger charge is -2.23. The third-order valence-corrected chi connectivity index (χ3v) is 3.09. The number of anilines is 3. The van der Waals surface area contributed by atoms with Crippen LogP contribution in [0.4, 0.5) is 17.8 Å². The lowest BCUT2D eigenvalue weighted by Crippen LogP contribution is -2.30. The Morgan fingerprint density at radius 1 is 1.21 bits per heavy atom. The molecule has 0 aliphatic heterocycles. The Bertz CT molecular complexity index is 417. The molecule has 1 heterocycles. The number of hydrogen-bond acceptors (Lipinski definition) is 7. The molecule has 19 heavy (non-hydrogen) atoms. The van der Waals surface area contributed by atoms with Crippen molar-refractivity contribution in [1.82, 2.24) is 15.0 Å². The van der Waals surface area contributed by atoms with E-state index in [1.54, 1.807) is 0 Å². The van der Waals surface area contributed by atoms with E-state index in [0.717, 1.165) is 25.4 Å². The summed E-state index contributed by atoms with van der Waals surface area (Å²) in [6, 6.07) is 0. The summed E-state index contributed by atoms with van der Waals surface area (Å²) in [5.74, 6) is 7.96. The van der Waals surface area contributed by atoms with Gasteiger partial charge < -0.3 is 9.80 Å². The molecule has 106 valence electrons. The zero-order chi connectivity index (χ0) is 13.8. The summed E-state index contributed by atoms with van der Waals surface area (Å²) in [7, 11) is 3.81. The summed E-state index contributed by atoms with van der Waals surface area (Å²) in [5, 5.41) is 0. The molecule has 0 unspecified atom stereocenters. The van der Waals surface area contributed by atoms with Crippen LogP contribution in [0, 0.1) is 5.92 Å². The first-order chi connectivity index (χ1) is 9.13. The van der Waals surface area contributed by atoms with Crippen molar-refractivity contribution in [1.29, 1.82) is 0 Å². The van der Waals surface area contributed by atoms with Gasteiger partial charge in [0, 0.05) is 27.2 Å². The van der Waals surface area contributed by atoms with Crippen molar-refractivity contribution in [3.63, 3.8) is 0 Å². The summed E-state index contributed by atoms with van der Waals surface area (Å²) in [6.45, 7) is 4.14. The van der Waals surface area contributed by atoms with Gasteiger partial charge in [0.1, 0.15) is 0 Å². The molecule has 1 aliphatic carbocycles. The third kappa shape index (κ3) is 3.66. The number of rotatable bonds is 7. The van der Waals surface area contributed by atoms with Gasteiger partial charge in [-0.15, -0.1) is 0 Å². The van der Waals surface area contributed by atoms with E-state index < -0.39 is 0 Å². The molecule has 0 saturated heterocycles. The number of nitrogens with zero attached hydrogens (tertiary/aromatic N) is 5. The van der Waals surface area contributed by atoms with Gasteiger partial charge in [-0.2, -0.15) is 15.0 Å². The number of hydrazine groups is 1. The van der Waals surface area contributed by atoms with E-state index in [9.17, 15) is 0 Å². The van der Waals surface area contributed by atoms with Gasteiger partial charge in [0.25, 0.3) is 0 Å². The quantitative estimate of drug-likeness (QED) is 0.558. The molecule has 0 bridgehead atoms. The van der Waals surface area contributed by atoms with Crippen LogP contribution >= 0.6 is 0 Å². The summed E-state index contributed by atoms with van der Waals surface area (Å²) >= 11 is 0. The molecule has 0 atom stereocenters. The SMILES string of the molecule is CCCN(CC1CC1)c1nc(NN)nc(N(C)C)n1. The highest BCUT2D eigenvalue weighted by atomic mass is 15.4. The Balaban J connectivity index is 2.25. The molecule has 3 N–H and O–H groups in total. The average molecular weight is 265 g/mol. The van der Waals surface area contributed by atoms with Crippen molar-refractivity contribution in [2.75, 3.05) is 42.4 Å². The largest absolute Gasteiger partial charge is 0.347 e. The molecular formula is C12H23N7. The zero-order valence-corrected chi connectivity index (χ0v) is 11.9. The first kappa shape index (κ1) is 13.8. The van der Waals surface area contributed by atoms with Gasteiger partial charge in [-0.05, 0) is 25.2 Å². The van der Waals surface area contributed by atoms with Crippen molar-refractivity contribution >= 4 is 17.8 Å². The van der Waals surface area contributed by atoms with E-state index in [4.69, 9.17) is 5.84 Å². The smallest absolute Gasteiger partial charge is 0.243 e. The van der Waals surface area contributed by atoms with Crippen molar-refractivity contribution < 1.29 is 0 Å². The molecule has 2 rings (SSSR count). The normalized spacial score (nSPS) is 14.3. The van der Waals surface area contributed by atoms with Crippen molar-refractivity contribution in [2.45, 2.75) is 26.2 Å². The van der Waals surface area contributed by atoms with Crippen LogP contribution in [0.1, 0.15) is 26.2 Å². The summed E-state index contributed by atoms with van der Waals surface area (Å²) in [4.78, 5) is 17.2. The fourth-order valence-electron chi connectivity index (χ4n) is 1.91. The molecule has 7 heteroatoms. The molecule has 7 nitrogen and oxygen atoms in total. The highest BCUT2D eigenvalue weighted by Gasteiger charge is 2.25. The third-order valence-electron chi connectivity index (χ3n) is 3.09. The van der Waals surface area contributed by atoms with Crippen LogP contribution in [0.3, 0.4) is 0 Å². The summed E-state index contributed by atoms with van der Waals surface area (Å²) in [6.07, 6.45) is 3.70. The molecule has 0 spiro atoms. The number of nitrogens with two attached hydrogens (primary N) is 1. The van der Waals surface area contributed by atoms with Gasteiger partial charge in [0.15, 0.2) is 0 Å². The highest BCUT2D eigenvalue weighted by molar-refractivity contribution is 5.44. The molecule has 1 aromatic rings. The minimum atomic E-state index is 0.408. The van der Waals surface area contributed by atoms with Crippen LogP contribution < -0.4 is 21.1 Å². The predicted molar refractivity (Wildman–Crippen MR) is 77.2 cm³/mol. The van der Waals surface area contributed by atoms with Gasteiger partial charge >= 0.3 is 0 Å². The van der Waals surface area contributed by atoms with Crippen LogP contribution in [-0.2, 0) is 0 Å². The average Bonchev–Trinajstić information content (AvgIpc) is 3.21. The van der Waals surface area contributed by atoms with E-state index in [0.29, 0.717) is 17.8 Å². The van der Waals surface area contributed by atoms with Crippen LogP contribution in [0.15, 0.2) is 0 Å². The number of aromatic nitrogens is 3. The zero-order valence-electron chi connectivity index (χ0n) is 11.9. The Hall–Kier alpha value is -1.63. The molecular weight excluding hydrogens is 242 g/mol. The summed E-state index contributed by atoms with van der Waals surface area (Å²) < 4.78 is 0. The van der Waals surface area contributed by atoms with Gasteiger partial charge in [0.05, 0.1) is 0 Å². The van der Waals surface area contributed by atoms with Crippen LogP contribution in [0.2, 0.25) is 0 Å². The van der Waals surface area contributed by atoms with E-state index in [2.05, 4.69) is 32.2 Å². The number of nitrogens with one attached hydrogen (secondary N) is 1. The number of nitrogen functional groups attached to an aromatic ring is 1. The lowest BCUT2D eigenvalue weighted by molar-refractivity contribution is 0.685. The van der Waals surface area contributed by atoms with Crippen LogP contribution in [0.5, 0.6) is 0 Å². The van der Waals surface area contributed by atoms with E-state index in [-0.39, 0.29) is 0 Å². The second-order valence-corrected chi connectivity index (χ2v) is 5.19. The Morgan fingerprint density at radius 3 is 2.42 bits per heavy atom. The van der Waals surface area contributed by atoms with Crippen molar-refractivity contribution in [2.24, 2.45) is 11.8 Å². The predicted octanol–water partition coefficient (Wildman–Crippen LogP) is 0.850. The van der Waals surface area contributed by atoms with E-state index in [1.165, 1.54) is 12.8 Å². The van der Waals surface area contributed by atoms with Gasteiger partial charge in [-0.3, -0.25) is 5.43 Å². The molecule has 1 saturated carbocycles. The van der Waals surface area contributed by atoms with Crippen molar-refractivity contribution in [3.8, 4) is 0 Å². The second-order valence-electron chi connectivity index (χ2n) is 5.19. The molecule has 0 radical (unpaired) electrons. The maximum absolute atomic E-state index is 5.44. The Kier molecular flexibility index (Phi) is 4.36. The maximum atomic E-state index is 5.44. The Labute approximate surface area is 114 Å². The van der Waals surface area contributed by atoms with Gasteiger partial charge in [-0.1, -0.05) is 6.92 Å².